The first-order valence-electron chi connectivity index (χ1n) is 6.80. The van der Waals surface area contributed by atoms with Crippen molar-refractivity contribution in [1.29, 1.82) is 5.26 Å². The van der Waals surface area contributed by atoms with Gasteiger partial charge in [-0.2, -0.15) is 5.26 Å². The lowest BCUT2D eigenvalue weighted by Gasteiger charge is -2.15. The number of hydrogen-bond donors (Lipinski definition) is 0. The Bertz CT molecular complexity index is 775. The molecule has 0 bridgehead atoms. The zero-order chi connectivity index (χ0) is 16.1. The standard InChI is InChI=1S/C14H16N4O2S2/c1-3-18-13(20)12-10(5-8-21-12)16-14(18)22-9-11(19)17(2)7-4-6-15/h5,8H,3-4,7,9H2,1-2H3. The van der Waals surface area contributed by atoms with Crippen molar-refractivity contribution in [2.24, 2.45) is 0 Å². The summed E-state index contributed by atoms with van der Waals surface area (Å²) in [5.74, 6) is 0.117. The van der Waals surface area contributed by atoms with Crippen LogP contribution in [-0.2, 0) is 11.3 Å². The van der Waals surface area contributed by atoms with Gasteiger partial charge in [-0.15, -0.1) is 11.3 Å². The molecule has 22 heavy (non-hydrogen) atoms. The number of thioether (sulfide) groups is 1. The third kappa shape index (κ3) is 3.48. The monoisotopic (exact) mass is 336 g/mol. The third-order valence-corrected chi connectivity index (χ3v) is 5.01. The number of aromatic nitrogens is 2. The Balaban J connectivity index is 2.16. The minimum absolute atomic E-state index is 0.0599. The molecule has 0 atom stereocenters. The molecule has 0 radical (unpaired) electrons. The molecule has 8 heteroatoms. The first-order valence-corrected chi connectivity index (χ1v) is 8.66. The lowest BCUT2D eigenvalue weighted by Crippen LogP contribution is -2.29. The van der Waals surface area contributed by atoms with E-state index < -0.39 is 0 Å². The fourth-order valence-electron chi connectivity index (χ4n) is 1.89. The lowest BCUT2D eigenvalue weighted by molar-refractivity contribution is -0.127. The van der Waals surface area contributed by atoms with Crippen molar-refractivity contribution in [3.63, 3.8) is 0 Å². The van der Waals surface area contributed by atoms with E-state index in [1.54, 1.807) is 11.6 Å². The maximum atomic E-state index is 12.3. The number of carbonyl (C=O) groups is 1. The van der Waals surface area contributed by atoms with Crippen LogP contribution >= 0.6 is 23.1 Å². The number of thiophene rings is 1. The van der Waals surface area contributed by atoms with Gasteiger partial charge in [0.2, 0.25) is 5.91 Å². The average Bonchev–Trinajstić information content (AvgIpc) is 2.99. The van der Waals surface area contributed by atoms with E-state index in [2.05, 4.69) is 4.98 Å². The van der Waals surface area contributed by atoms with E-state index in [0.29, 0.717) is 34.9 Å². The predicted octanol–water partition coefficient (Wildman–Crippen LogP) is 1.94. The highest BCUT2D eigenvalue weighted by atomic mass is 32.2. The molecule has 0 aliphatic rings. The summed E-state index contributed by atoms with van der Waals surface area (Å²) in [4.78, 5) is 30.3. The van der Waals surface area contributed by atoms with Crippen molar-refractivity contribution >= 4 is 39.2 Å². The van der Waals surface area contributed by atoms with E-state index >= 15 is 0 Å². The van der Waals surface area contributed by atoms with Crippen LogP contribution in [0.5, 0.6) is 0 Å². The molecule has 0 spiro atoms. The van der Waals surface area contributed by atoms with E-state index in [-0.39, 0.29) is 17.2 Å². The molecular weight excluding hydrogens is 320 g/mol. The molecule has 0 aromatic carbocycles. The predicted molar refractivity (Wildman–Crippen MR) is 88.1 cm³/mol. The molecule has 2 aromatic rings. The second-order valence-electron chi connectivity index (χ2n) is 4.59. The second-order valence-corrected chi connectivity index (χ2v) is 6.45. The Labute approximate surface area is 136 Å². The van der Waals surface area contributed by atoms with Gasteiger partial charge in [-0.3, -0.25) is 14.2 Å². The van der Waals surface area contributed by atoms with E-state index in [1.165, 1.54) is 28.0 Å². The summed E-state index contributed by atoms with van der Waals surface area (Å²) in [6, 6.07) is 3.82. The number of amides is 1. The van der Waals surface area contributed by atoms with Crippen LogP contribution in [0.2, 0.25) is 0 Å². The van der Waals surface area contributed by atoms with Crippen molar-refractivity contribution in [1.82, 2.24) is 14.5 Å². The summed E-state index contributed by atoms with van der Waals surface area (Å²) < 4.78 is 2.23. The van der Waals surface area contributed by atoms with Gasteiger partial charge in [0.25, 0.3) is 5.56 Å². The Morgan fingerprint density at radius 3 is 3.05 bits per heavy atom. The number of nitrogens with zero attached hydrogens (tertiary/aromatic N) is 4. The molecule has 2 rings (SSSR count). The van der Waals surface area contributed by atoms with Crippen LogP contribution in [0.1, 0.15) is 13.3 Å². The fourth-order valence-corrected chi connectivity index (χ4v) is 3.67. The summed E-state index contributed by atoms with van der Waals surface area (Å²) in [5, 5.41) is 10.9. The van der Waals surface area contributed by atoms with E-state index in [1.807, 2.05) is 24.4 Å². The third-order valence-electron chi connectivity index (χ3n) is 3.16. The lowest BCUT2D eigenvalue weighted by atomic mass is 10.4. The molecule has 6 nitrogen and oxygen atoms in total. The number of hydrogen-bond acceptors (Lipinski definition) is 6. The maximum absolute atomic E-state index is 12.3. The van der Waals surface area contributed by atoms with Crippen molar-refractivity contribution in [3.8, 4) is 6.07 Å². The first-order chi connectivity index (χ1) is 10.6. The van der Waals surface area contributed by atoms with Gasteiger partial charge in [-0.05, 0) is 18.4 Å². The highest BCUT2D eigenvalue weighted by molar-refractivity contribution is 7.99. The number of fused-ring (bicyclic) bond motifs is 1. The Morgan fingerprint density at radius 2 is 2.36 bits per heavy atom. The fraction of sp³-hybridized carbons (Fsp3) is 0.429. The van der Waals surface area contributed by atoms with Crippen LogP contribution in [0.25, 0.3) is 10.2 Å². The Morgan fingerprint density at radius 1 is 1.59 bits per heavy atom. The summed E-state index contributed by atoms with van der Waals surface area (Å²) in [6.45, 7) is 2.81. The first kappa shape index (κ1) is 16.5. The highest BCUT2D eigenvalue weighted by Gasteiger charge is 2.14. The molecule has 2 heterocycles. The molecule has 0 saturated heterocycles. The minimum Gasteiger partial charge on any atom is -0.344 e. The number of rotatable bonds is 6. The van der Waals surface area contributed by atoms with Crippen LogP contribution in [0, 0.1) is 11.3 Å². The van der Waals surface area contributed by atoms with Gasteiger partial charge in [0.1, 0.15) is 4.70 Å². The van der Waals surface area contributed by atoms with E-state index in [0.717, 1.165) is 0 Å². The number of carbonyl (C=O) groups excluding carboxylic acids is 1. The SMILES string of the molecule is CCn1c(SCC(=O)N(C)CCC#N)nc2ccsc2c1=O. The molecule has 0 aliphatic carbocycles. The van der Waals surface area contributed by atoms with E-state index in [9.17, 15) is 9.59 Å². The van der Waals surface area contributed by atoms with E-state index in [4.69, 9.17) is 5.26 Å². The van der Waals surface area contributed by atoms with Gasteiger partial charge in [0.05, 0.1) is 23.8 Å². The molecule has 0 unspecified atom stereocenters. The van der Waals surface area contributed by atoms with Gasteiger partial charge in [-0.1, -0.05) is 11.8 Å². The van der Waals surface area contributed by atoms with Crippen LogP contribution < -0.4 is 5.56 Å². The number of nitriles is 1. The Kier molecular flexibility index (Phi) is 5.57. The molecule has 0 N–H and O–H groups in total. The van der Waals surface area contributed by atoms with Gasteiger partial charge < -0.3 is 4.90 Å². The van der Waals surface area contributed by atoms with Crippen LogP contribution in [0.3, 0.4) is 0 Å². The van der Waals surface area contributed by atoms with Gasteiger partial charge in [0.15, 0.2) is 5.16 Å². The normalized spacial score (nSPS) is 10.6. The van der Waals surface area contributed by atoms with Crippen LogP contribution in [0.15, 0.2) is 21.4 Å². The topological polar surface area (TPSA) is 79.0 Å². The average molecular weight is 336 g/mol. The molecule has 116 valence electrons. The zero-order valence-electron chi connectivity index (χ0n) is 12.4. The summed E-state index contributed by atoms with van der Waals surface area (Å²) >= 11 is 2.64. The maximum Gasteiger partial charge on any atom is 0.272 e. The minimum atomic E-state index is -0.0810. The molecule has 1 amide bonds. The largest absolute Gasteiger partial charge is 0.344 e. The summed E-state index contributed by atoms with van der Waals surface area (Å²) in [5.41, 5.74) is 0.614. The van der Waals surface area contributed by atoms with Crippen molar-refractivity contribution in [2.75, 3.05) is 19.3 Å². The second kappa shape index (κ2) is 7.42. The molecule has 0 aliphatic heterocycles. The molecular formula is C14H16N4O2S2. The Hall–Kier alpha value is -1.85. The quantitative estimate of drug-likeness (QED) is 0.595. The highest BCUT2D eigenvalue weighted by Crippen LogP contribution is 2.21. The zero-order valence-corrected chi connectivity index (χ0v) is 14.0. The summed E-state index contributed by atoms with van der Waals surface area (Å²) in [7, 11) is 1.67. The smallest absolute Gasteiger partial charge is 0.272 e. The van der Waals surface area contributed by atoms with Gasteiger partial charge in [0, 0.05) is 20.1 Å². The van der Waals surface area contributed by atoms with Crippen molar-refractivity contribution < 1.29 is 4.79 Å². The summed E-state index contributed by atoms with van der Waals surface area (Å²) in [6.07, 6.45) is 0.311. The molecule has 2 aromatic heterocycles. The van der Waals surface area contributed by atoms with Crippen LogP contribution in [0.4, 0.5) is 0 Å². The van der Waals surface area contributed by atoms with Gasteiger partial charge in [-0.25, -0.2) is 4.98 Å². The van der Waals surface area contributed by atoms with Gasteiger partial charge >= 0.3 is 0 Å². The molecule has 0 saturated carbocycles. The van der Waals surface area contributed by atoms with Crippen molar-refractivity contribution in [2.45, 2.75) is 25.0 Å². The molecule has 0 fully saturated rings. The van der Waals surface area contributed by atoms with Crippen LogP contribution in [-0.4, -0.2) is 39.7 Å². The van der Waals surface area contributed by atoms with Crippen molar-refractivity contribution in [3.05, 3.63) is 21.8 Å².